The van der Waals surface area contributed by atoms with Crippen LogP contribution in [0.5, 0.6) is 11.8 Å². The Hall–Kier alpha value is -4.12. The Morgan fingerprint density at radius 2 is 1.26 bits per heavy atom. The summed E-state index contributed by atoms with van der Waals surface area (Å²) in [5, 5.41) is 0. The van der Waals surface area contributed by atoms with E-state index in [1.165, 1.54) is 0 Å². The molecule has 0 amide bonds. The molecule has 152 valence electrons. The summed E-state index contributed by atoms with van der Waals surface area (Å²) >= 11 is 0. The lowest BCUT2D eigenvalue weighted by Crippen LogP contribution is -2.02. The summed E-state index contributed by atoms with van der Waals surface area (Å²) in [5.41, 5.74) is 4.30. The zero-order valence-electron chi connectivity index (χ0n) is 16.8. The van der Waals surface area contributed by atoms with Crippen molar-refractivity contribution >= 4 is 11.1 Å². The number of aromatic nitrogens is 2. The van der Waals surface area contributed by atoms with Crippen molar-refractivity contribution in [2.45, 2.75) is 13.2 Å². The predicted octanol–water partition coefficient (Wildman–Crippen LogP) is 6.05. The highest BCUT2D eigenvalue weighted by Crippen LogP contribution is 2.32. The van der Waals surface area contributed by atoms with Gasteiger partial charge in [0, 0.05) is 6.07 Å². The lowest BCUT2D eigenvalue weighted by atomic mass is 10.2. The zero-order valence-corrected chi connectivity index (χ0v) is 16.8. The molecule has 2 aromatic heterocycles. The van der Waals surface area contributed by atoms with Crippen molar-refractivity contribution in [1.29, 1.82) is 0 Å². The molecule has 5 aromatic rings. The van der Waals surface area contributed by atoms with Crippen LogP contribution in [0, 0.1) is 0 Å². The van der Waals surface area contributed by atoms with Gasteiger partial charge in [-0.25, -0.2) is 4.98 Å². The maximum atomic E-state index is 6.08. The first kappa shape index (κ1) is 18.9. The molecule has 31 heavy (non-hydrogen) atoms. The Morgan fingerprint density at radius 1 is 0.613 bits per heavy atom. The summed E-state index contributed by atoms with van der Waals surface area (Å²) in [6.07, 6.45) is 0. The van der Waals surface area contributed by atoms with Gasteiger partial charge in [0.15, 0.2) is 5.58 Å². The van der Waals surface area contributed by atoms with E-state index in [4.69, 9.17) is 13.9 Å². The van der Waals surface area contributed by atoms with Gasteiger partial charge >= 0.3 is 0 Å². The Bertz CT molecular complexity index is 1250. The van der Waals surface area contributed by atoms with Crippen molar-refractivity contribution in [1.82, 2.24) is 9.97 Å². The van der Waals surface area contributed by atoms with Gasteiger partial charge in [0.25, 0.3) is 0 Å². The Kier molecular flexibility index (Phi) is 5.31. The number of nitrogens with zero attached hydrogens (tertiary/aromatic N) is 2. The minimum atomic E-state index is 0.378. The average Bonchev–Trinajstić information content (AvgIpc) is 3.27. The van der Waals surface area contributed by atoms with E-state index >= 15 is 0 Å². The number of oxazole rings is 1. The molecule has 0 aliphatic carbocycles. The highest BCUT2D eigenvalue weighted by molar-refractivity contribution is 5.77. The van der Waals surface area contributed by atoms with Crippen LogP contribution in [0.2, 0.25) is 0 Å². The monoisotopic (exact) mass is 408 g/mol. The molecule has 0 aliphatic rings. The highest BCUT2D eigenvalue weighted by Gasteiger charge is 2.16. The van der Waals surface area contributed by atoms with Gasteiger partial charge in [-0.1, -0.05) is 72.8 Å². The van der Waals surface area contributed by atoms with Gasteiger partial charge < -0.3 is 13.9 Å². The molecule has 0 radical (unpaired) electrons. The molecule has 5 rings (SSSR count). The summed E-state index contributed by atoms with van der Waals surface area (Å²) < 4.78 is 17.9. The lowest BCUT2D eigenvalue weighted by molar-refractivity contribution is 0.268. The molecule has 5 nitrogen and oxygen atoms in total. The zero-order chi connectivity index (χ0) is 20.9. The second kappa shape index (κ2) is 8.71. The third kappa shape index (κ3) is 4.41. The number of ether oxygens (including phenoxy) is 2. The van der Waals surface area contributed by atoms with Crippen molar-refractivity contribution < 1.29 is 13.9 Å². The molecule has 0 saturated carbocycles. The first-order chi connectivity index (χ1) is 15.3. The van der Waals surface area contributed by atoms with Crippen LogP contribution in [0.1, 0.15) is 11.1 Å². The van der Waals surface area contributed by atoms with Crippen LogP contribution in [0.25, 0.3) is 22.6 Å². The molecule has 0 bridgehead atoms. The first-order valence-electron chi connectivity index (χ1n) is 10.1. The molecule has 0 atom stereocenters. The van der Waals surface area contributed by atoms with Crippen LogP contribution in [-0.2, 0) is 13.2 Å². The summed E-state index contributed by atoms with van der Waals surface area (Å²) in [7, 11) is 0. The van der Waals surface area contributed by atoms with E-state index in [1.54, 1.807) is 0 Å². The SMILES string of the molecule is c1ccc(COc2ccc(-c3nc4ccccc4o3)c(OCc3ccccc3)n2)cc1. The van der Waals surface area contributed by atoms with Gasteiger partial charge in [0.05, 0.1) is 5.56 Å². The maximum absolute atomic E-state index is 6.08. The normalized spacial score (nSPS) is 10.8. The van der Waals surface area contributed by atoms with Crippen LogP contribution in [0.3, 0.4) is 0 Å². The number of para-hydroxylation sites is 2. The fraction of sp³-hybridized carbons (Fsp3) is 0.0769. The summed E-state index contributed by atoms with van der Waals surface area (Å²) in [5.74, 6) is 1.36. The number of hydrogen-bond donors (Lipinski definition) is 0. The second-order valence-corrected chi connectivity index (χ2v) is 7.04. The molecular weight excluding hydrogens is 388 g/mol. The van der Waals surface area contributed by atoms with Gasteiger partial charge in [-0.05, 0) is 29.3 Å². The predicted molar refractivity (Wildman–Crippen MR) is 119 cm³/mol. The quantitative estimate of drug-likeness (QED) is 0.328. The van der Waals surface area contributed by atoms with E-state index in [-0.39, 0.29) is 0 Å². The van der Waals surface area contributed by atoms with E-state index < -0.39 is 0 Å². The minimum Gasteiger partial charge on any atom is -0.473 e. The number of pyridine rings is 1. The van der Waals surface area contributed by atoms with E-state index in [0.29, 0.717) is 36.4 Å². The fourth-order valence-electron chi connectivity index (χ4n) is 3.22. The third-order valence-electron chi connectivity index (χ3n) is 4.81. The molecule has 2 heterocycles. The van der Waals surface area contributed by atoms with Gasteiger partial charge in [-0.3, -0.25) is 0 Å². The van der Waals surface area contributed by atoms with Crippen LogP contribution >= 0.6 is 0 Å². The Balaban J connectivity index is 1.45. The summed E-state index contributed by atoms with van der Waals surface area (Å²) in [6, 6.07) is 31.3. The maximum Gasteiger partial charge on any atom is 0.232 e. The smallest absolute Gasteiger partial charge is 0.232 e. The fourth-order valence-corrected chi connectivity index (χ4v) is 3.22. The highest BCUT2D eigenvalue weighted by atomic mass is 16.5. The molecular formula is C26H20N2O3. The second-order valence-electron chi connectivity index (χ2n) is 7.04. The van der Waals surface area contributed by atoms with Crippen molar-refractivity contribution in [3.8, 4) is 23.2 Å². The number of fused-ring (bicyclic) bond motifs is 1. The first-order valence-corrected chi connectivity index (χ1v) is 10.1. The van der Waals surface area contributed by atoms with Crippen LogP contribution in [-0.4, -0.2) is 9.97 Å². The molecule has 0 unspecified atom stereocenters. The molecule has 0 aliphatic heterocycles. The Morgan fingerprint density at radius 3 is 1.97 bits per heavy atom. The largest absolute Gasteiger partial charge is 0.473 e. The molecule has 0 spiro atoms. The summed E-state index contributed by atoms with van der Waals surface area (Å²) in [6.45, 7) is 0.803. The molecule has 0 fully saturated rings. The van der Waals surface area contributed by atoms with E-state index in [2.05, 4.69) is 9.97 Å². The van der Waals surface area contributed by atoms with E-state index in [9.17, 15) is 0 Å². The van der Waals surface area contributed by atoms with Gasteiger partial charge in [-0.15, -0.1) is 0 Å². The van der Waals surface area contributed by atoms with E-state index in [0.717, 1.165) is 22.2 Å². The average molecular weight is 408 g/mol. The summed E-state index contributed by atoms with van der Waals surface area (Å²) in [4.78, 5) is 9.20. The van der Waals surface area contributed by atoms with Crippen LogP contribution in [0.15, 0.2) is 101 Å². The van der Waals surface area contributed by atoms with Crippen molar-refractivity contribution in [3.05, 3.63) is 108 Å². The molecule has 0 saturated heterocycles. The minimum absolute atomic E-state index is 0.378. The number of hydrogen-bond acceptors (Lipinski definition) is 5. The van der Waals surface area contributed by atoms with Crippen molar-refractivity contribution in [2.24, 2.45) is 0 Å². The van der Waals surface area contributed by atoms with Crippen LogP contribution < -0.4 is 9.47 Å². The van der Waals surface area contributed by atoms with E-state index in [1.807, 2.05) is 97.1 Å². The third-order valence-corrected chi connectivity index (χ3v) is 4.81. The van der Waals surface area contributed by atoms with Gasteiger partial charge in [0.1, 0.15) is 18.7 Å². The number of benzene rings is 3. The van der Waals surface area contributed by atoms with Crippen LogP contribution in [0.4, 0.5) is 0 Å². The van der Waals surface area contributed by atoms with Gasteiger partial charge in [-0.2, -0.15) is 4.98 Å². The topological polar surface area (TPSA) is 57.4 Å². The molecule has 5 heteroatoms. The van der Waals surface area contributed by atoms with Crippen molar-refractivity contribution in [3.63, 3.8) is 0 Å². The standard InChI is InChI=1S/C26H20N2O3/c1-3-9-19(10-4-1)17-29-24-16-15-21(26-27-22-13-7-8-14-23(22)31-26)25(28-24)30-18-20-11-5-2-6-12-20/h1-16H,17-18H2. The van der Waals surface area contributed by atoms with Gasteiger partial charge in [0.2, 0.25) is 17.7 Å². The molecule has 0 N–H and O–H groups in total. The van der Waals surface area contributed by atoms with Crippen molar-refractivity contribution in [2.75, 3.05) is 0 Å². The lowest BCUT2D eigenvalue weighted by Gasteiger charge is -2.11. The molecule has 3 aromatic carbocycles. The number of rotatable bonds is 7. The Labute approximate surface area is 179 Å².